The van der Waals surface area contributed by atoms with Gasteiger partial charge in [-0.1, -0.05) is 30.3 Å². The second kappa shape index (κ2) is 7.68. The standard InChI is InChI=1S/C25H28N2O2/c28-25(29)21-5-3-4-19(14-21)15-26-12-10-20(11-13-26)23-17-27(16-18-8-9-18)24-7-2-1-6-22(23)24/h1-7,14,17-18,20H,8-13,15-16H2,(H,28,29). The van der Waals surface area contributed by atoms with Crippen molar-refractivity contribution in [2.75, 3.05) is 13.1 Å². The second-order valence-corrected chi connectivity index (χ2v) is 8.75. The van der Waals surface area contributed by atoms with Crippen LogP contribution in [0.3, 0.4) is 0 Å². The highest BCUT2D eigenvalue weighted by atomic mass is 16.4. The highest BCUT2D eigenvalue weighted by Gasteiger charge is 2.26. The number of piperidine rings is 1. The van der Waals surface area contributed by atoms with Crippen LogP contribution in [0.1, 0.15) is 53.1 Å². The van der Waals surface area contributed by atoms with Crippen molar-refractivity contribution in [3.8, 4) is 0 Å². The molecular formula is C25H28N2O2. The van der Waals surface area contributed by atoms with E-state index in [-0.39, 0.29) is 0 Å². The van der Waals surface area contributed by atoms with Crippen molar-refractivity contribution in [2.45, 2.75) is 44.7 Å². The molecule has 0 unspecified atom stereocenters. The summed E-state index contributed by atoms with van der Waals surface area (Å²) < 4.78 is 2.49. The van der Waals surface area contributed by atoms with Crippen LogP contribution in [0.2, 0.25) is 0 Å². The fraction of sp³-hybridized carbons (Fsp3) is 0.400. The summed E-state index contributed by atoms with van der Waals surface area (Å²) in [5, 5.41) is 10.6. The maximum absolute atomic E-state index is 11.2. The summed E-state index contributed by atoms with van der Waals surface area (Å²) in [5.74, 6) is 0.636. The van der Waals surface area contributed by atoms with Crippen molar-refractivity contribution in [1.29, 1.82) is 0 Å². The SMILES string of the molecule is O=C(O)c1cccc(CN2CCC(c3cn(CC4CC4)c4ccccc34)CC2)c1. The minimum atomic E-state index is -0.854. The van der Waals surface area contributed by atoms with Gasteiger partial charge in [0.25, 0.3) is 0 Å². The minimum absolute atomic E-state index is 0.376. The van der Waals surface area contributed by atoms with E-state index in [9.17, 15) is 9.90 Å². The van der Waals surface area contributed by atoms with Crippen LogP contribution >= 0.6 is 0 Å². The number of nitrogens with zero attached hydrogens (tertiary/aromatic N) is 2. The van der Waals surface area contributed by atoms with E-state index in [4.69, 9.17) is 0 Å². The third kappa shape index (κ3) is 3.95. The zero-order valence-corrected chi connectivity index (χ0v) is 16.8. The predicted octanol–water partition coefficient (Wildman–Crippen LogP) is 5.13. The van der Waals surface area contributed by atoms with Crippen molar-refractivity contribution in [1.82, 2.24) is 9.47 Å². The fourth-order valence-electron chi connectivity index (χ4n) is 4.79. The predicted molar refractivity (Wildman–Crippen MR) is 115 cm³/mol. The molecule has 1 saturated carbocycles. The third-order valence-corrected chi connectivity index (χ3v) is 6.58. The Hall–Kier alpha value is -2.59. The van der Waals surface area contributed by atoms with Crippen molar-refractivity contribution < 1.29 is 9.90 Å². The second-order valence-electron chi connectivity index (χ2n) is 8.75. The number of likely N-dealkylation sites (tertiary alicyclic amines) is 1. The minimum Gasteiger partial charge on any atom is -0.478 e. The fourth-order valence-corrected chi connectivity index (χ4v) is 4.79. The van der Waals surface area contributed by atoms with Crippen LogP contribution in [0.15, 0.2) is 54.7 Å². The van der Waals surface area contributed by atoms with Crippen molar-refractivity contribution in [2.24, 2.45) is 5.92 Å². The summed E-state index contributed by atoms with van der Waals surface area (Å²) in [7, 11) is 0. The number of rotatable bonds is 6. The molecule has 1 saturated heterocycles. The van der Waals surface area contributed by atoms with Gasteiger partial charge in [-0.05, 0) is 79.9 Å². The summed E-state index contributed by atoms with van der Waals surface area (Å²) in [6, 6.07) is 16.2. The van der Waals surface area contributed by atoms with Crippen LogP contribution in [0.4, 0.5) is 0 Å². The average Bonchev–Trinajstić information content (AvgIpc) is 3.49. The van der Waals surface area contributed by atoms with Gasteiger partial charge in [0.15, 0.2) is 0 Å². The molecule has 29 heavy (non-hydrogen) atoms. The smallest absolute Gasteiger partial charge is 0.335 e. The number of aromatic carboxylic acids is 1. The van der Waals surface area contributed by atoms with E-state index in [2.05, 4.69) is 39.9 Å². The Balaban J connectivity index is 1.28. The lowest BCUT2D eigenvalue weighted by molar-refractivity contribution is 0.0696. The van der Waals surface area contributed by atoms with Crippen LogP contribution in [0, 0.1) is 5.92 Å². The lowest BCUT2D eigenvalue weighted by atomic mass is 9.89. The molecule has 0 atom stereocenters. The largest absolute Gasteiger partial charge is 0.478 e. The van der Waals surface area contributed by atoms with E-state index >= 15 is 0 Å². The Morgan fingerprint density at radius 2 is 1.79 bits per heavy atom. The van der Waals surface area contributed by atoms with E-state index in [1.54, 1.807) is 12.1 Å². The molecule has 4 heteroatoms. The van der Waals surface area contributed by atoms with Gasteiger partial charge in [-0.3, -0.25) is 4.90 Å². The van der Waals surface area contributed by atoms with Crippen LogP contribution in [0.25, 0.3) is 10.9 Å². The Morgan fingerprint density at radius 1 is 1.00 bits per heavy atom. The number of fused-ring (bicyclic) bond motifs is 1. The van der Waals surface area contributed by atoms with Crippen molar-refractivity contribution in [3.63, 3.8) is 0 Å². The number of benzene rings is 2. The molecule has 2 aromatic carbocycles. The lowest BCUT2D eigenvalue weighted by Crippen LogP contribution is -2.32. The third-order valence-electron chi connectivity index (χ3n) is 6.58. The molecule has 0 bridgehead atoms. The van der Waals surface area contributed by atoms with Gasteiger partial charge in [-0.15, -0.1) is 0 Å². The quantitative estimate of drug-likeness (QED) is 0.637. The average molecular weight is 389 g/mol. The zero-order chi connectivity index (χ0) is 19.8. The molecule has 150 valence electrons. The Labute approximate surface area is 171 Å². The van der Waals surface area contributed by atoms with E-state index in [0.717, 1.165) is 44.0 Å². The first-order valence-electron chi connectivity index (χ1n) is 10.8. The van der Waals surface area contributed by atoms with Gasteiger partial charge in [0.2, 0.25) is 0 Å². The molecule has 2 heterocycles. The zero-order valence-electron chi connectivity index (χ0n) is 16.8. The van der Waals surface area contributed by atoms with Gasteiger partial charge in [0.1, 0.15) is 0 Å². The number of carboxylic acid groups (broad SMARTS) is 1. The first-order valence-corrected chi connectivity index (χ1v) is 10.8. The first kappa shape index (κ1) is 18.4. The molecule has 2 aliphatic rings. The van der Waals surface area contributed by atoms with Crippen LogP contribution in [-0.4, -0.2) is 33.6 Å². The van der Waals surface area contributed by atoms with Gasteiger partial charge in [-0.25, -0.2) is 4.79 Å². The molecule has 1 aromatic heterocycles. The molecule has 1 N–H and O–H groups in total. The van der Waals surface area contributed by atoms with Gasteiger partial charge >= 0.3 is 5.97 Å². The van der Waals surface area contributed by atoms with Crippen LogP contribution < -0.4 is 0 Å². The molecule has 0 amide bonds. The molecule has 2 fully saturated rings. The number of aromatic nitrogens is 1. The maximum atomic E-state index is 11.2. The number of carboxylic acids is 1. The monoisotopic (exact) mass is 388 g/mol. The number of hydrogen-bond acceptors (Lipinski definition) is 2. The van der Waals surface area contributed by atoms with Crippen molar-refractivity contribution >= 4 is 16.9 Å². The summed E-state index contributed by atoms with van der Waals surface area (Å²) in [6.07, 6.45) is 7.51. The normalized spacial score (nSPS) is 18.3. The van der Waals surface area contributed by atoms with Gasteiger partial charge in [-0.2, -0.15) is 0 Å². The number of hydrogen-bond donors (Lipinski definition) is 1. The number of para-hydroxylation sites is 1. The Morgan fingerprint density at radius 3 is 2.55 bits per heavy atom. The molecular weight excluding hydrogens is 360 g/mol. The van der Waals surface area contributed by atoms with E-state index in [1.165, 1.54) is 35.9 Å². The maximum Gasteiger partial charge on any atom is 0.335 e. The molecule has 4 nitrogen and oxygen atoms in total. The van der Waals surface area contributed by atoms with Gasteiger partial charge < -0.3 is 9.67 Å². The van der Waals surface area contributed by atoms with Gasteiger partial charge in [0.05, 0.1) is 5.56 Å². The van der Waals surface area contributed by atoms with E-state index < -0.39 is 5.97 Å². The summed E-state index contributed by atoms with van der Waals surface area (Å²) in [4.78, 5) is 13.7. The van der Waals surface area contributed by atoms with E-state index in [0.29, 0.717) is 11.5 Å². The molecule has 1 aliphatic heterocycles. The van der Waals surface area contributed by atoms with Crippen LogP contribution in [-0.2, 0) is 13.1 Å². The topological polar surface area (TPSA) is 45.5 Å². The Kier molecular flexibility index (Phi) is 4.88. The molecule has 1 aliphatic carbocycles. The summed E-state index contributed by atoms with van der Waals surface area (Å²) in [5.41, 5.74) is 4.38. The van der Waals surface area contributed by atoms with Crippen LogP contribution in [0.5, 0.6) is 0 Å². The summed E-state index contributed by atoms with van der Waals surface area (Å²) >= 11 is 0. The van der Waals surface area contributed by atoms with Gasteiger partial charge in [0, 0.05) is 30.2 Å². The highest BCUT2D eigenvalue weighted by molar-refractivity contribution is 5.87. The number of carbonyl (C=O) groups is 1. The van der Waals surface area contributed by atoms with Crippen molar-refractivity contribution in [3.05, 3.63) is 71.4 Å². The molecule has 5 rings (SSSR count). The molecule has 3 aromatic rings. The first-order chi connectivity index (χ1) is 14.2. The molecule has 0 radical (unpaired) electrons. The summed E-state index contributed by atoms with van der Waals surface area (Å²) in [6.45, 7) is 4.12. The highest BCUT2D eigenvalue weighted by Crippen LogP contribution is 2.37. The van der Waals surface area contributed by atoms with E-state index in [1.807, 2.05) is 12.1 Å². The lowest BCUT2D eigenvalue weighted by Gasteiger charge is -2.32. The Bertz CT molecular complexity index is 1030. The molecule has 0 spiro atoms.